The minimum absolute atomic E-state index is 0.0281. The third kappa shape index (κ3) is 7.54. The van der Waals surface area contributed by atoms with E-state index < -0.39 is 32.5 Å². The molecule has 1 N–H and O–H groups in total. The molecule has 0 spiro atoms. The normalized spacial score (nSPS) is 16.9. The van der Waals surface area contributed by atoms with Crippen LogP contribution in [0.15, 0.2) is 78.2 Å². The van der Waals surface area contributed by atoms with Crippen LogP contribution in [0.1, 0.15) is 17.5 Å². The second-order valence-electron chi connectivity index (χ2n) is 11.3. The fourth-order valence-corrected chi connectivity index (χ4v) is 7.04. The average Bonchev–Trinajstić information content (AvgIpc) is 3.07. The molecule has 1 aliphatic heterocycles. The van der Waals surface area contributed by atoms with E-state index in [0.29, 0.717) is 42.3 Å². The highest BCUT2D eigenvalue weighted by Crippen LogP contribution is 2.34. The number of benzene rings is 2. The molecule has 3 heterocycles. The molecule has 0 bridgehead atoms. The summed E-state index contributed by atoms with van der Waals surface area (Å²) >= 11 is 0. The lowest BCUT2D eigenvalue weighted by molar-refractivity contribution is -0.137. The van der Waals surface area contributed by atoms with Gasteiger partial charge in [0.05, 0.1) is 26.3 Å². The van der Waals surface area contributed by atoms with Crippen LogP contribution < -0.4 is 24.0 Å². The predicted molar refractivity (Wildman–Crippen MR) is 172 cm³/mol. The van der Waals surface area contributed by atoms with E-state index in [1.165, 1.54) is 44.9 Å². The van der Waals surface area contributed by atoms with Gasteiger partial charge in [0.15, 0.2) is 0 Å². The number of sulfonamides is 1. The Morgan fingerprint density at radius 2 is 1.79 bits per heavy atom. The van der Waals surface area contributed by atoms with E-state index in [9.17, 15) is 21.6 Å². The molecule has 5 rings (SSSR count). The summed E-state index contributed by atoms with van der Waals surface area (Å²) in [6, 6.07) is 11.7. The second kappa shape index (κ2) is 14.2. The van der Waals surface area contributed by atoms with E-state index in [0.717, 1.165) is 28.7 Å². The van der Waals surface area contributed by atoms with Crippen LogP contribution in [0.3, 0.4) is 0 Å². The molecule has 11 nitrogen and oxygen atoms in total. The van der Waals surface area contributed by atoms with Gasteiger partial charge in [-0.1, -0.05) is 0 Å². The summed E-state index contributed by atoms with van der Waals surface area (Å²) in [4.78, 5) is 15.3. The van der Waals surface area contributed by atoms with Crippen molar-refractivity contribution in [3.8, 4) is 11.5 Å². The lowest BCUT2D eigenvalue weighted by Gasteiger charge is -2.43. The summed E-state index contributed by atoms with van der Waals surface area (Å²) in [6.45, 7) is 0.528. The molecule has 4 aromatic rings. The van der Waals surface area contributed by atoms with E-state index in [1.54, 1.807) is 23.1 Å². The van der Waals surface area contributed by atoms with Gasteiger partial charge in [-0.25, -0.2) is 32.1 Å². The first-order valence-electron chi connectivity index (χ1n) is 14.8. The molecule has 1 unspecified atom stereocenters. The predicted octanol–water partition coefficient (Wildman–Crippen LogP) is 5.06. The summed E-state index contributed by atoms with van der Waals surface area (Å²) in [7, 11) is 2.13. The van der Waals surface area contributed by atoms with E-state index >= 15 is 4.39 Å². The summed E-state index contributed by atoms with van der Waals surface area (Å²) in [5.74, 6) is 0.147. The van der Waals surface area contributed by atoms with E-state index in [-0.39, 0.29) is 30.3 Å². The maximum atomic E-state index is 15.8. The largest absolute Gasteiger partial charge is 0.497 e. The van der Waals surface area contributed by atoms with Crippen LogP contribution in [0.2, 0.25) is 0 Å². The van der Waals surface area contributed by atoms with Gasteiger partial charge in [-0.3, -0.25) is 0 Å². The van der Waals surface area contributed by atoms with Gasteiger partial charge in [-0.15, -0.1) is 0 Å². The van der Waals surface area contributed by atoms with Gasteiger partial charge < -0.3 is 24.6 Å². The van der Waals surface area contributed by atoms with Crippen molar-refractivity contribution in [1.29, 1.82) is 0 Å². The third-order valence-electron chi connectivity index (χ3n) is 8.12. The fraction of sp³-hybridized carbons (Fsp3) is 0.344. The Bertz CT molecular complexity index is 1830. The molecule has 48 heavy (non-hydrogen) atoms. The highest BCUT2D eigenvalue weighted by molar-refractivity contribution is 7.92. The number of aromatic nitrogens is 3. The number of halogens is 4. The third-order valence-corrected chi connectivity index (χ3v) is 9.91. The smallest absolute Gasteiger partial charge is 0.416 e. The summed E-state index contributed by atoms with van der Waals surface area (Å²) in [5.41, 5.74) is 0.0565. The summed E-state index contributed by atoms with van der Waals surface area (Å²) in [6.07, 6.45) is -0.272. The van der Waals surface area contributed by atoms with Gasteiger partial charge in [-0.2, -0.15) is 13.2 Å². The van der Waals surface area contributed by atoms with Crippen molar-refractivity contribution in [2.75, 3.05) is 55.9 Å². The number of anilines is 3. The maximum Gasteiger partial charge on any atom is 0.416 e. The number of pyridine rings is 1. The standard InChI is InChI=1S/C32H35F4N7O4S/c1-41(2)27-19-42(31-15-22(9-13-38-31)32(34,35)36)14-11-26(27)40-23-6-8-29(25(33)16-23)48(44,45)43(30-10-12-37-20-39-30)18-21-5-7-24(46-3)17-28(21)47-4/h5-10,12-13,15-17,20,26-27,40H,11,14,18-19H2,1-4H3/t26?,27-/m0/s1. The van der Waals surface area contributed by atoms with Crippen molar-refractivity contribution < 1.29 is 35.5 Å². The number of rotatable bonds is 11. The number of likely N-dealkylation sites (N-methyl/N-ethyl adjacent to an activating group) is 1. The first-order chi connectivity index (χ1) is 22.8. The van der Waals surface area contributed by atoms with Crippen LogP contribution >= 0.6 is 0 Å². The molecule has 2 aromatic heterocycles. The highest BCUT2D eigenvalue weighted by atomic mass is 32.2. The quantitative estimate of drug-likeness (QED) is 0.215. The van der Waals surface area contributed by atoms with Gasteiger partial charge in [0.2, 0.25) is 0 Å². The Morgan fingerprint density at radius 1 is 1.00 bits per heavy atom. The zero-order valence-electron chi connectivity index (χ0n) is 26.6. The van der Waals surface area contributed by atoms with E-state index in [2.05, 4.69) is 20.3 Å². The molecule has 0 amide bonds. The van der Waals surface area contributed by atoms with Crippen LogP contribution in [0.5, 0.6) is 11.5 Å². The number of piperidine rings is 1. The number of methoxy groups -OCH3 is 2. The molecule has 1 fully saturated rings. The summed E-state index contributed by atoms with van der Waals surface area (Å²) < 4.78 is 95.5. The molecule has 0 radical (unpaired) electrons. The zero-order valence-corrected chi connectivity index (χ0v) is 27.5. The van der Waals surface area contributed by atoms with Crippen LogP contribution in [-0.2, 0) is 22.7 Å². The molecule has 0 saturated carbocycles. The Hall–Kier alpha value is -4.70. The van der Waals surface area contributed by atoms with Gasteiger partial charge >= 0.3 is 6.18 Å². The molecule has 16 heteroatoms. The molecule has 2 aromatic carbocycles. The molecular weight excluding hydrogens is 654 g/mol. The number of nitrogens with one attached hydrogen (secondary N) is 1. The molecule has 0 aliphatic carbocycles. The first kappa shape index (κ1) is 34.6. The van der Waals surface area contributed by atoms with E-state index in [1.807, 2.05) is 19.0 Å². The lowest BCUT2D eigenvalue weighted by Crippen LogP contribution is -2.56. The molecule has 2 atom stereocenters. The Kier molecular flexibility index (Phi) is 10.2. The number of hydrogen-bond acceptors (Lipinski definition) is 10. The Balaban J connectivity index is 1.38. The Morgan fingerprint density at radius 3 is 2.44 bits per heavy atom. The number of ether oxygens (including phenoxy) is 2. The van der Waals surface area contributed by atoms with Crippen LogP contribution in [0, 0.1) is 5.82 Å². The topological polar surface area (TPSA) is 113 Å². The minimum Gasteiger partial charge on any atom is -0.497 e. The van der Waals surface area contributed by atoms with Crippen molar-refractivity contribution >= 4 is 27.3 Å². The molecular formula is C32H35F4N7O4S. The average molecular weight is 690 g/mol. The summed E-state index contributed by atoms with van der Waals surface area (Å²) in [5, 5.41) is 3.30. The van der Waals surface area contributed by atoms with Crippen LogP contribution in [-0.4, -0.2) is 81.8 Å². The van der Waals surface area contributed by atoms with Crippen molar-refractivity contribution in [3.05, 3.63) is 90.3 Å². The highest BCUT2D eigenvalue weighted by Gasteiger charge is 2.35. The second-order valence-corrected chi connectivity index (χ2v) is 13.1. The van der Waals surface area contributed by atoms with Crippen molar-refractivity contribution in [2.24, 2.45) is 0 Å². The van der Waals surface area contributed by atoms with Crippen molar-refractivity contribution in [1.82, 2.24) is 19.9 Å². The fourth-order valence-electron chi connectivity index (χ4n) is 5.59. The Labute approximate surface area is 276 Å². The number of hydrogen-bond donors (Lipinski definition) is 1. The van der Waals surface area contributed by atoms with Crippen LogP contribution in [0.4, 0.5) is 34.9 Å². The van der Waals surface area contributed by atoms with Gasteiger partial charge in [0.1, 0.15) is 40.2 Å². The molecule has 1 saturated heterocycles. The van der Waals surface area contributed by atoms with Gasteiger partial charge in [0.25, 0.3) is 10.0 Å². The maximum absolute atomic E-state index is 15.8. The van der Waals surface area contributed by atoms with Crippen LogP contribution in [0.25, 0.3) is 0 Å². The SMILES string of the molecule is COc1ccc(CN(c2ccncn2)S(=O)(=O)c2ccc(NC3CCN(c4cc(C(F)(F)F)ccn4)C[C@@H]3N(C)C)cc2F)c(OC)c1. The van der Waals surface area contributed by atoms with Crippen molar-refractivity contribution in [3.63, 3.8) is 0 Å². The number of alkyl halides is 3. The van der Waals surface area contributed by atoms with Crippen molar-refractivity contribution in [2.45, 2.75) is 36.1 Å². The molecule has 1 aliphatic rings. The number of nitrogens with zero attached hydrogens (tertiary/aromatic N) is 6. The van der Waals surface area contributed by atoms with Gasteiger partial charge in [0, 0.05) is 61.0 Å². The lowest BCUT2D eigenvalue weighted by atomic mass is 9.97. The first-order valence-corrected chi connectivity index (χ1v) is 16.3. The molecule has 256 valence electrons. The minimum atomic E-state index is -4.50. The van der Waals surface area contributed by atoms with E-state index in [4.69, 9.17) is 9.47 Å². The van der Waals surface area contributed by atoms with Gasteiger partial charge in [-0.05, 0) is 63.0 Å². The monoisotopic (exact) mass is 689 g/mol. The zero-order chi connectivity index (χ0) is 34.6.